The van der Waals surface area contributed by atoms with Gasteiger partial charge in [-0.2, -0.15) is 0 Å². The largest absolute Gasteiger partial charge is 0.493 e. The van der Waals surface area contributed by atoms with Crippen LogP contribution in [0.15, 0.2) is 30.3 Å². The summed E-state index contributed by atoms with van der Waals surface area (Å²) in [6.45, 7) is 2.37. The third-order valence-corrected chi connectivity index (χ3v) is 5.89. The second kappa shape index (κ2) is 8.01. The van der Waals surface area contributed by atoms with E-state index in [1.165, 1.54) is 0 Å². The number of aryl methyl sites for hydroxylation is 1. The minimum atomic E-state index is -0.592. The molecular weight excluding hydrogens is 384 g/mol. The lowest BCUT2D eigenvalue weighted by Crippen LogP contribution is -2.26. The molecule has 6 heteroatoms. The molecule has 2 aromatic rings. The van der Waals surface area contributed by atoms with Gasteiger partial charge in [0.2, 0.25) is 5.75 Å². The number of Topliss-reactive ketones (excluding diaryl/α,β-unsaturated/α-hetero) is 1. The Kier molecular flexibility index (Phi) is 5.41. The summed E-state index contributed by atoms with van der Waals surface area (Å²) in [5.41, 5.74) is 3.00. The Balaban J connectivity index is 1.71. The molecule has 0 radical (unpaired) electrons. The molecule has 0 N–H and O–H groups in total. The van der Waals surface area contributed by atoms with Gasteiger partial charge in [-0.1, -0.05) is 18.2 Å². The highest BCUT2D eigenvalue weighted by Crippen LogP contribution is 2.50. The first-order valence-corrected chi connectivity index (χ1v) is 10.2. The highest BCUT2D eigenvalue weighted by Gasteiger charge is 2.52. The van der Waals surface area contributed by atoms with Gasteiger partial charge in [0.15, 0.2) is 17.3 Å². The number of benzene rings is 2. The van der Waals surface area contributed by atoms with Crippen LogP contribution in [-0.2, 0) is 16.0 Å². The van der Waals surface area contributed by atoms with Crippen molar-refractivity contribution in [1.82, 2.24) is 0 Å². The predicted octanol–water partition coefficient (Wildman–Crippen LogP) is 4.22. The first-order chi connectivity index (χ1) is 14.5. The van der Waals surface area contributed by atoms with E-state index in [0.717, 1.165) is 41.5 Å². The number of esters is 1. The molecule has 0 aliphatic heterocycles. The predicted molar refractivity (Wildman–Crippen MR) is 111 cm³/mol. The van der Waals surface area contributed by atoms with Crippen LogP contribution in [0.4, 0.5) is 0 Å². The minimum Gasteiger partial charge on any atom is -0.493 e. The topological polar surface area (TPSA) is 71.1 Å². The Morgan fingerprint density at radius 2 is 1.77 bits per heavy atom. The van der Waals surface area contributed by atoms with E-state index in [1.54, 1.807) is 21.1 Å². The van der Waals surface area contributed by atoms with Gasteiger partial charge in [-0.3, -0.25) is 9.59 Å². The van der Waals surface area contributed by atoms with E-state index < -0.39 is 5.41 Å². The van der Waals surface area contributed by atoms with Crippen LogP contribution in [0.1, 0.15) is 42.1 Å². The van der Waals surface area contributed by atoms with Gasteiger partial charge in [0.05, 0.1) is 20.8 Å². The van der Waals surface area contributed by atoms with Crippen LogP contribution in [0.3, 0.4) is 0 Å². The summed E-state index contributed by atoms with van der Waals surface area (Å²) < 4.78 is 22.5. The van der Waals surface area contributed by atoms with Crippen LogP contribution in [0.5, 0.6) is 17.2 Å². The molecule has 2 aliphatic rings. The maximum absolute atomic E-state index is 12.3. The van der Waals surface area contributed by atoms with E-state index in [2.05, 4.69) is 0 Å². The molecular formula is C24H26O6. The summed E-state index contributed by atoms with van der Waals surface area (Å²) >= 11 is 0. The summed E-state index contributed by atoms with van der Waals surface area (Å²) in [6, 6.07) is 9.58. The van der Waals surface area contributed by atoms with Gasteiger partial charge in [0.1, 0.15) is 12.0 Å². The minimum absolute atomic E-state index is 0.186. The summed E-state index contributed by atoms with van der Waals surface area (Å²) in [7, 11) is 3.14. The van der Waals surface area contributed by atoms with E-state index in [1.807, 2.05) is 30.3 Å². The Morgan fingerprint density at radius 1 is 1.00 bits per heavy atom. The van der Waals surface area contributed by atoms with Crippen molar-refractivity contribution in [3.63, 3.8) is 0 Å². The number of ketones is 1. The number of carbonyl (C=O) groups excluding carboxylic acids is 2. The number of ether oxygens (including phenoxy) is 4. The molecule has 6 nitrogen and oxygen atoms in total. The average Bonchev–Trinajstić information content (AvgIpc) is 3.48. The molecule has 4 rings (SSSR count). The van der Waals surface area contributed by atoms with Crippen molar-refractivity contribution >= 4 is 11.8 Å². The number of methoxy groups -OCH3 is 2. The summed E-state index contributed by atoms with van der Waals surface area (Å²) in [5.74, 6) is 1.52. The number of fused-ring (bicyclic) bond motifs is 1. The highest BCUT2D eigenvalue weighted by molar-refractivity contribution is 6.01. The molecule has 0 unspecified atom stereocenters. The van der Waals surface area contributed by atoms with Crippen LogP contribution in [0, 0.1) is 5.41 Å². The molecule has 158 valence electrons. The number of rotatable bonds is 8. The van der Waals surface area contributed by atoms with Gasteiger partial charge in [0, 0.05) is 17.5 Å². The van der Waals surface area contributed by atoms with E-state index in [-0.39, 0.29) is 18.4 Å². The number of hydrogen-bond donors (Lipinski definition) is 0. The third kappa shape index (κ3) is 3.51. The number of hydrogen-bond acceptors (Lipinski definition) is 6. The molecule has 0 spiro atoms. The van der Waals surface area contributed by atoms with E-state index in [9.17, 15) is 9.59 Å². The summed E-state index contributed by atoms with van der Waals surface area (Å²) in [6.07, 6.45) is 2.79. The summed E-state index contributed by atoms with van der Waals surface area (Å²) in [5, 5.41) is 0. The second-order valence-electron chi connectivity index (χ2n) is 7.76. The van der Waals surface area contributed by atoms with Gasteiger partial charge in [-0.05, 0) is 49.4 Å². The quantitative estimate of drug-likeness (QED) is 0.607. The van der Waals surface area contributed by atoms with Crippen LogP contribution in [0.25, 0.3) is 11.1 Å². The molecule has 30 heavy (non-hydrogen) atoms. The fourth-order valence-electron chi connectivity index (χ4n) is 3.95. The molecule has 0 aromatic heterocycles. The zero-order valence-electron chi connectivity index (χ0n) is 17.6. The molecule has 0 bridgehead atoms. The van der Waals surface area contributed by atoms with Gasteiger partial charge in [-0.25, -0.2) is 0 Å². The Morgan fingerprint density at radius 3 is 2.43 bits per heavy atom. The lowest BCUT2D eigenvalue weighted by atomic mass is 9.99. The normalized spacial score (nSPS) is 16.0. The number of carbonyl (C=O) groups is 2. The Hall–Kier alpha value is -3.02. The SMILES string of the molecule is CCOC(=O)C1(COc2c(-c3ccc4c(c3)CCC4=O)ccc(OC)c2OC)CC1. The molecule has 0 heterocycles. The van der Waals surface area contributed by atoms with Crippen LogP contribution in [0.2, 0.25) is 0 Å². The highest BCUT2D eigenvalue weighted by atomic mass is 16.5. The molecule has 0 atom stereocenters. The monoisotopic (exact) mass is 410 g/mol. The molecule has 0 saturated heterocycles. The molecule has 1 saturated carbocycles. The van der Waals surface area contributed by atoms with Crippen molar-refractivity contribution in [2.24, 2.45) is 5.41 Å². The van der Waals surface area contributed by atoms with Crippen molar-refractivity contribution < 1.29 is 28.5 Å². The first-order valence-electron chi connectivity index (χ1n) is 10.2. The lowest BCUT2D eigenvalue weighted by molar-refractivity contribution is -0.150. The van der Waals surface area contributed by atoms with Gasteiger partial charge >= 0.3 is 5.97 Å². The standard InChI is InChI=1S/C24H26O6/c1-4-29-23(26)24(11-12-24)14-30-21-18(8-10-20(27-2)22(21)28-3)16-5-7-17-15(13-16)6-9-19(17)25/h5,7-8,10,13H,4,6,9,11-12,14H2,1-3H3. The van der Waals surface area contributed by atoms with Gasteiger partial charge < -0.3 is 18.9 Å². The van der Waals surface area contributed by atoms with E-state index in [4.69, 9.17) is 18.9 Å². The second-order valence-corrected chi connectivity index (χ2v) is 7.76. The zero-order chi connectivity index (χ0) is 21.3. The average molecular weight is 410 g/mol. The molecule has 2 aliphatic carbocycles. The lowest BCUT2D eigenvalue weighted by Gasteiger charge is -2.20. The molecule has 2 aromatic carbocycles. The van der Waals surface area contributed by atoms with Crippen molar-refractivity contribution in [2.45, 2.75) is 32.6 Å². The van der Waals surface area contributed by atoms with Crippen molar-refractivity contribution in [3.05, 3.63) is 41.5 Å². The van der Waals surface area contributed by atoms with Gasteiger partial charge in [0.25, 0.3) is 0 Å². The molecule has 1 fully saturated rings. The smallest absolute Gasteiger partial charge is 0.315 e. The zero-order valence-corrected chi connectivity index (χ0v) is 17.6. The fourth-order valence-corrected chi connectivity index (χ4v) is 3.95. The maximum atomic E-state index is 12.3. The summed E-state index contributed by atoms with van der Waals surface area (Å²) in [4.78, 5) is 24.3. The van der Waals surface area contributed by atoms with Crippen LogP contribution < -0.4 is 14.2 Å². The molecule has 0 amide bonds. The van der Waals surface area contributed by atoms with Crippen molar-refractivity contribution in [2.75, 3.05) is 27.4 Å². The fraction of sp³-hybridized carbons (Fsp3) is 0.417. The Labute approximate surface area is 176 Å². The van der Waals surface area contributed by atoms with Crippen molar-refractivity contribution in [3.8, 4) is 28.4 Å². The van der Waals surface area contributed by atoms with E-state index >= 15 is 0 Å². The maximum Gasteiger partial charge on any atom is 0.315 e. The first kappa shape index (κ1) is 20.3. The third-order valence-electron chi connectivity index (χ3n) is 5.89. The van der Waals surface area contributed by atoms with Crippen LogP contribution in [-0.4, -0.2) is 39.2 Å². The Bertz CT molecular complexity index is 989. The van der Waals surface area contributed by atoms with Crippen molar-refractivity contribution in [1.29, 1.82) is 0 Å². The van der Waals surface area contributed by atoms with E-state index in [0.29, 0.717) is 30.3 Å². The van der Waals surface area contributed by atoms with Gasteiger partial charge in [-0.15, -0.1) is 0 Å². The van der Waals surface area contributed by atoms with Crippen LogP contribution >= 0.6 is 0 Å².